The van der Waals surface area contributed by atoms with E-state index >= 15 is 0 Å². The van der Waals surface area contributed by atoms with Gasteiger partial charge in [-0.05, 0) is 57.0 Å². The van der Waals surface area contributed by atoms with Gasteiger partial charge in [0.15, 0.2) is 6.61 Å². The Kier molecular flexibility index (Phi) is 6.51. The van der Waals surface area contributed by atoms with Gasteiger partial charge in [0.2, 0.25) is 0 Å². The van der Waals surface area contributed by atoms with E-state index < -0.39 is 18.5 Å². The number of carbonyl (C=O) groups excluding carboxylic acids is 2. The molecule has 0 atom stereocenters. The second kappa shape index (κ2) is 9.26. The number of benzene rings is 2. The minimum Gasteiger partial charge on any atom is -0.488 e. The molecule has 30 heavy (non-hydrogen) atoms. The number of rotatable bonds is 7. The Hall–Kier alpha value is -3.61. The van der Waals surface area contributed by atoms with Crippen molar-refractivity contribution in [1.29, 1.82) is 0 Å². The zero-order valence-corrected chi connectivity index (χ0v) is 17.4. The van der Waals surface area contributed by atoms with Gasteiger partial charge in [0.25, 0.3) is 5.91 Å². The molecule has 0 bridgehead atoms. The van der Waals surface area contributed by atoms with E-state index in [1.54, 1.807) is 37.3 Å². The molecule has 7 nitrogen and oxygen atoms in total. The van der Waals surface area contributed by atoms with Crippen molar-refractivity contribution in [2.45, 2.75) is 34.3 Å². The number of ether oxygens (including phenoxy) is 2. The second-order valence-corrected chi connectivity index (χ2v) is 6.96. The average Bonchev–Trinajstić information content (AvgIpc) is 3.05. The van der Waals surface area contributed by atoms with Crippen LogP contribution in [0.2, 0.25) is 0 Å². The van der Waals surface area contributed by atoms with Gasteiger partial charge in [0.1, 0.15) is 23.7 Å². The van der Waals surface area contributed by atoms with Crippen molar-refractivity contribution in [2.75, 3.05) is 11.9 Å². The molecule has 0 radical (unpaired) electrons. The van der Waals surface area contributed by atoms with Crippen molar-refractivity contribution in [3.05, 3.63) is 76.2 Å². The van der Waals surface area contributed by atoms with Crippen LogP contribution in [0.15, 0.2) is 47.0 Å². The number of hydrogen-bond donors (Lipinski definition) is 1. The van der Waals surface area contributed by atoms with Crippen molar-refractivity contribution in [3.63, 3.8) is 0 Å². The summed E-state index contributed by atoms with van der Waals surface area (Å²) in [5, 5.41) is 6.65. The molecule has 0 aliphatic carbocycles. The second-order valence-electron chi connectivity index (χ2n) is 6.96. The molecule has 0 saturated heterocycles. The van der Waals surface area contributed by atoms with Crippen molar-refractivity contribution in [1.82, 2.24) is 5.16 Å². The molecule has 1 amide bonds. The van der Waals surface area contributed by atoms with Gasteiger partial charge in [-0.15, -0.1) is 0 Å². The van der Waals surface area contributed by atoms with Gasteiger partial charge in [0.05, 0.1) is 11.3 Å². The van der Waals surface area contributed by atoms with Crippen LogP contribution in [0.3, 0.4) is 0 Å². The van der Waals surface area contributed by atoms with E-state index in [0.29, 0.717) is 17.2 Å². The number of aromatic nitrogens is 1. The van der Waals surface area contributed by atoms with E-state index in [1.807, 2.05) is 32.9 Å². The smallest absolute Gasteiger partial charge is 0.342 e. The van der Waals surface area contributed by atoms with Gasteiger partial charge in [0, 0.05) is 5.69 Å². The van der Waals surface area contributed by atoms with Crippen LogP contribution >= 0.6 is 0 Å². The molecule has 0 aliphatic heterocycles. The molecule has 0 fully saturated rings. The Morgan fingerprint density at radius 1 is 1.03 bits per heavy atom. The van der Waals surface area contributed by atoms with Gasteiger partial charge in [-0.25, -0.2) is 4.79 Å². The molecule has 2 aromatic carbocycles. The predicted octanol–water partition coefficient (Wildman–Crippen LogP) is 4.28. The molecule has 1 aromatic heterocycles. The highest BCUT2D eigenvalue weighted by molar-refractivity contribution is 5.97. The van der Waals surface area contributed by atoms with E-state index in [-0.39, 0.29) is 12.2 Å². The quantitative estimate of drug-likeness (QED) is 0.587. The summed E-state index contributed by atoms with van der Waals surface area (Å²) in [4.78, 5) is 24.7. The highest BCUT2D eigenvalue weighted by Gasteiger charge is 2.17. The molecular weight excluding hydrogens is 384 g/mol. The standard InChI is InChI=1S/C23H24N2O5/c1-14-8-7-10-20(15(14)2)24-22(26)13-29-23(27)18-9-5-6-11-21(18)28-12-19-16(3)25-30-17(19)4/h5-11H,12-13H2,1-4H3,(H,24,26). The van der Waals surface area contributed by atoms with Gasteiger partial charge in [-0.1, -0.05) is 29.4 Å². The lowest BCUT2D eigenvalue weighted by molar-refractivity contribution is -0.119. The summed E-state index contributed by atoms with van der Waals surface area (Å²) < 4.78 is 16.1. The SMILES string of the molecule is Cc1cccc(NC(=O)COC(=O)c2ccccc2OCc2c(C)noc2C)c1C. The fourth-order valence-corrected chi connectivity index (χ4v) is 2.90. The van der Waals surface area contributed by atoms with E-state index in [9.17, 15) is 9.59 Å². The lowest BCUT2D eigenvalue weighted by Crippen LogP contribution is -2.21. The molecule has 0 spiro atoms. The molecule has 156 valence electrons. The summed E-state index contributed by atoms with van der Waals surface area (Å²) >= 11 is 0. The Bertz CT molecular complexity index is 1050. The fraction of sp³-hybridized carbons (Fsp3) is 0.261. The number of hydrogen-bond acceptors (Lipinski definition) is 6. The summed E-state index contributed by atoms with van der Waals surface area (Å²) in [6.45, 7) is 7.31. The zero-order chi connectivity index (χ0) is 21.7. The van der Waals surface area contributed by atoms with Gasteiger partial charge in [-0.3, -0.25) is 4.79 Å². The van der Waals surface area contributed by atoms with Crippen molar-refractivity contribution < 1.29 is 23.6 Å². The van der Waals surface area contributed by atoms with Crippen molar-refractivity contribution >= 4 is 17.6 Å². The van der Waals surface area contributed by atoms with Crippen LogP contribution in [0.1, 0.15) is 38.5 Å². The number of nitrogens with zero attached hydrogens (tertiary/aromatic N) is 1. The summed E-state index contributed by atoms with van der Waals surface area (Å²) in [6.07, 6.45) is 0. The predicted molar refractivity (Wildman–Crippen MR) is 112 cm³/mol. The molecule has 0 unspecified atom stereocenters. The minimum absolute atomic E-state index is 0.207. The van der Waals surface area contributed by atoms with Crippen LogP contribution < -0.4 is 10.1 Å². The largest absolute Gasteiger partial charge is 0.488 e. The van der Waals surface area contributed by atoms with Crippen molar-refractivity contribution in [3.8, 4) is 5.75 Å². The van der Waals surface area contributed by atoms with Crippen LogP contribution in [0, 0.1) is 27.7 Å². The molecule has 0 saturated carbocycles. The van der Waals surface area contributed by atoms with Gasteiger partial charge in [-0.2, -0.15) is 0 Å². The maximum Gasteiger partial charge on any atom is 0.342 e. The molecule has 1 N–H and O–H groups in total. The van der Waals surface area contributed by atoms with Crippen molar-refractivity contribution in [2.24, 2.45) is 0 Å². The summed E-state index contributed by atoms with van der Waals surface area (Å²) in [5.41, 5.74) is 4.52. The summed E-state index contributed by atoms with van der Waals surface area (Å²) in [7, 11) is 0. The first-order valence-corrected chi connectivity index (χ1v) is 9.53. The van der Waals surface area contributed by atoms with E-state index in [0.717, 1.165) is 22.4 Å². The van der Waals surface area contributed by atoms with Crippen LogP contribution in [-0.4, -0.2) is 23.6 Å². The first-order chi connectivity index (χ1) is 14.4. The third kappa shape index (κ3) is 4.86. The average molecular weight is 408 g/mol. The van der Waals surface area contributed by atoms with Crippen LogP contribution in [0.25, 0.3) is 0 Å². The molecular formula is C23H24N2O5. The normalized spacial score (nSPS) is 10.5. The van der Waals surface area contributed by atoms with Crippen LogP contribution in [0.5, 0.6) is 5.75 Å². The maximum atomic E-state index is 12.5. The molecule has 7 heteroatoms. The number of anilines is 1. The summed E-state index contributed by atoms with van der Waals surface area (Å²) in [5.74, 6) is -0.0280. The van der Waals surface area contributed by atoms with Crippen LogP contribution in [-0.2, 0) is 16.1 Å². The number of esters is 1. The Morgan fingerprint density at radius 2 is 1.80 bits per heavy atom. The maximum absolute atomic E-state index is 12.5. The van der Waals surface area contributed by atoms with Crippen LogP contribution in [0.4, 0.5) is 5.69 Å². The highest BCUT2D eigenvalue weighted by Crippen LogP contribution is 2.22. The van der Waals surface area contributed by atoms with E-state index in [4.69, 9.17) is 14.0 Å². The number of carbonyl (C=O) groups is 2. The lowest BCUT2D eigenvalue weighted by Gasteiger charge is -2.12. The number of aryl methyl sites for hydroxylation is 3. The molecule has 0 aliphatic rings. The monoisotopic (exact) mass is 408 g/mol. The molecule has 3 aromatic rings. The molecule has 1 heterocycles. The number of para-hydroxylation sites is 1. The van der Waals surface area contributed by atoms with E-state index in [1.165, 1.54) is 0 Å². The highest BCUT2D eigenvalue weighted by atomic mass is 16.5. The molecule has 3 rings (SSSR count). The zero-order valence-electron chi connectivity index (χ0n) is 17.4. The number of nitrogens with one attached hydrogen (secondary N) is 1. The number of amides is 1. The topological polar surface area (TPSA) is 90.7 Å². The van der Waals surface area contributed by atoms with Gasteiger partial charge < -0.3 is 19.3 Å². The fourth-order valence-electron chi connectivity index (χ4n) is 2.90. The summed E-state index contributed by atoms with van der Waals surface area (Å²) in [6, 6.07) is 12.3. The first-order valence-electron chi connectivity index (χ1n) is 9.53. The Labute approximate surface area is 175 Å². The Balaban J connectivity index is 1.61. The third-order valence-corrected chi connectivity index (χ3v) is 4.87. The minimum atomic E-state index is -0.638. The first kappa shape index (κ1) is 21.1. The third-order valence-electron chi connectivity index (χ3n) is 4.87. The lowest BCUT2D eigenvalue weighted by atomic mass is 10.1. The van der Waals surface area contributed by atoms with E-state index in [2.05, 4.69) is 10.5 Å². The van der Waals surface area contributed by atoms with Gasteiger partial charge >= 0.3 is 5.97 Å². The Morgan fingerprint density at radius 3 is 2.53 bits per heavy atom.